The van der Waals surface area contributed by atoms with Crippen LogP contribution >= 0.6 is 23.7 Å². The molecule has 0 bridgehead atoms. The molecule has 0 fully saturated rings. The minimum atomic E-state index is -3.32. The fourth-order valence-corrected chi connectivity index (χ4v) is 5.13. The minimum Gasteiger partial charge on any atom is -0.351 e. The predicted molar refractivity (Wildman–Crippen MR) is 117 cm³/mol. The van der Waals surface area contributed by atoms with E-state index < -0.39 is 10.0 Å². The lowest BCUT2D eigenvalue weighted by atomic mass is 9.93. The molecule has 0 saturated carbocycles. The number of fused-ring (bicyclic) bond motifs is 1. The van der Waals surface area contributed by atoms with E-state index in [-0.39, 0.29) is 18.3 Å². The Bertz CT molecular complexity index is 913. The fourth-order valence-electron chi connectivity index (χ4n) is 3.46. The summed E-state index contributed by atoms with van der Waals surface area (Å²) < 4.78 is 24.8. The molecule has 0 aliphatic carbocycles. The maximum atomic E-state index is 12.3. The van der Waals surface area contributed by atoms with E-state index in [9.17, 15) is 13.2 Å². The van der Waals surface area contributed by atoms with Gasteiger partial charge in [0.2, 0.25) is 10.0 Å². The molecule has 1 aliphatic rings. The van der Waals surface area contributed by atoms with E-state index in [1.54, 1.807) is 35.6 Å². The van der Waals surface area contributed by atoms with Crippen LogP contribution < -0.4 is 10.0 Å². The van der Waals surface area contributed by atoms with Gasteiger partial charge in [0.1, 0.15) is 0 Å². The van der Waals surface area contributed by atoms with Crippen molar-refractivity contribution in [1.29, 1.82) is 0 Å². The first kappa shape index (κ1) is 22.7. The maximum absolute atomic E-state index is 12.3. The molecule has 2 N–H and O–H groups in total. The lowest BCUT2D eigenvalue weighted by Gasteiger charge is -2.36. The van der Waals surface area contributed by atoms with Gasteiger partial charge in [-0.1, -0.05) is 6.92 Å². The molecule has 1 aromatic heterocycles. The molecule has 2 heterocycles. The Morgan fingerprint density at radius 1 is 1.21 bits per heavy atom. The van der Waals surface area contributed by atoms with Gasteiger partial charge in [-0.15, -0.1) is 23.7 Å². The normalized spacial score (nSPS) is 19.4. The Labute approximate surface area is 176 Å². The number of hydrogen-bond donors (Lipinski definition) is 2. The van der Waals surface area contributed by atoms with Crippen LogP contribution in [0.2, 0.25) is 0 Å². The van der Waals surface area contributed by atoms with Crippen LogP contribution in [0.1, 0.15) is 46.6 Å². The van der Waals surface area contributed by atoms with Crippen molar-refractivity contribution in [1.82, 2.24) is 10.2 Å². The Kier molecular flexibility index (Phi) is 7.50. The van der Waals surface area contributed by atoms with Gasteiger partial charge in [0.25, 0.3) is 5.91 Å². The summed E-state index contributed by atoms with van der Waals surface area (Å²) in [6, 6.07) is 9.00. The second-order valence-electron chi connectivity index (χ2n) is 7.02. The van der Waals surface area contributed by atoms with Crippen LogP contribution in [-0.2, 0) is 10.0 Å². The van der Waals surface area contributed by atoms with E-state index in [2.05, 4.69) is 40.2 Å². The number of rotatable bonds is 6. The van der Waals surface area contributed by atoms with Gasteiger partial charge in [-0.05, 0) is 54.1 Å². The van der Waals surface area contributed by atoms with Crippen LogP contribution in [0.5, 0.6) is 0 Å². The van der Waals surface area contributed by atoms with E-state index in [4.69, 9.17) is 0 Å². The number of nitrogens with one attached hydrogen (secondary N) is 2. The van der Waals surface area contributed by atoms with Crippen molar-refractivity contribution in [2.24, 2.45) is 0 Å². The summed E-state index contributed by atoms with van der Waals surface area (Å²) in [5.41, 5.74) is 2.40. The molecule has 154 valence electrons. The van der Waals surface area contributed by atoms with E-state index in [1.165, 1.54) is 10.4 Å². The summed E-state index contributed by atoms with van der Waals surface area (Å²) in [6.07, 6.45) is 1.09. The third-order valence-electron chi connectivity index (χ3n) is 4.83. The molecular weight excluding hydrogens is 418 g/mol. The number of thiophene rings is 1. The monoisotopic (exact) mass is 443 g/mol. The van der Waals surface area contributed by atoms with Crippen molar-refractivity contribution in [2.75, 3.05) is 30.6 Å². The topological polar surface area (TPSA) is 78.5 Å². The average Bonchev–Trinajstić information content (AvgIpc) is 3.09. The Morgan fingerprint density at radius 2 is 1.89 bits per heavy atom. The number of hydrogen-bond acceptors (Lipinski definition) is 5. The number of carbonyl (C=O) groups excluding carboxylic acids is 1. The molecule has 0 saturated heterocycles. The number of benzene rings is 1. The molecule has 3 rings (SSSR count). The van der Waals surface area contributed by atoms with Gasteiger partial charge in [0.05, 0.1) is 6.26 Å². The first-order valence-corrected chi connectivity index (χ1v) is 11.7. The molecule has 28 heavy (non-hydrogen) atoms. The minimum absolute atomic E-state index is 0. The summed E-state index contributed by atoms with van der Waals surface area (Å²) in [5, 5.41) is 5.11. The van der Waals surface area contributed by atoms with Crippen molar-refractivity contribution in [3.8, 4) is 0 Å². The first-order valence-electron chi connectivity index (χ1n) is 8.92. The van der Waals surface area contributed by atoms with E-state index in [0.29, 0.717) is 29.8 Å². The number of nitrogens with zero attached hydrogens (tertiary/aromatic N) is 1. The van der Waals surface area contributed by atoms with Crippen molar-refractivity contribution < 1.29 is 13.2 Å². The third-order valence-corrected chi connectivity index (χ3v) is 6.54. The van der Waals surface area contributed by atoms with Gasteiger partial charge in [0, 0.05) is 41.8 Å². The standard InChI is InChI=1S/C19H25N3O3S2.ClH/c1-13-12-22(14(2)18-17(13)8-11-26-18)10-9-20-19(23)15-4-6-16(7-5-15)21-27(3,24)25;/h4-8,11,13-14,21H,9-10,12H2,1-3H3,(H,20,23);1H/t13-,14+;/m1./s1. The summed E-state index contributed by atoms with van der Waals surface area (Å²) >= 11 is 1.80. The highest BCUT2D eigenvalue weighted by atomic mass is 35.5. The SMILES string of the molecule is C[C@@H]1CN(CCNC(=O)c2ccc(NS(C)(=O)=O)cc2)[C@@H](C)c2sccc21.Cl. The van der Waals surface area contributed by atoms with Crippen LogP contribution in [0.3, 0.4) is 0 Å². The van der Waals surface area contributed by atoms with Gasteiger partial charge in [-0.3, -0.25) is 14.4 Å². The molecule has 2 aromatic rings. The van der Waals surface area contributed by atoms with Gasteiger partial charge in [0.15, 0.2) is 0 Å². The summed E-state index contributed by atoms with van der Waals surface area (Å²) in [5.74, 6) is 0.350. The quantitative estimate of drug-likeness (QED) is 0.716. The molecule has 0 radical (unpaired) electrons. The van der Waals surface area contributed by atoms with Crippen LogP contribution in [-0.4, -0.2) is 45.1 Å². The predicted octanol–water partition coefficient (Wildman–Crippen LogP) is 3.45. The highest BCUT2D eigenvalue weighted by Crippen LogP contribution is 2.38. The molecule has 1 aliphatic heterocycles. The average molecular weight is 444 g/mol. The van der Waals surface area contributed by atoms with Gasteiger partial charge in [-0.25, -0.2) is 8.42 Å². The molecule has 0 unspecified atom stereocenters. The molecule has 9 heteroatoms. The molecule has 1 amide bonds. The largest absolute Gasteiger partial charge is 0.351 e. The lowest BCUT2D eigenvalue weighted by molar-refractivity contribution is 0.0942. The summed E-state index contributed by atoms with van der Waals surface area (Å²) in [6.45, 7) is 6.82. The van der Waals surface area contributed by atoms with Crippen molar-refractivity contribution in [3.63, 3.8) is 0 Å². The van der Waals surface area contributed by atoms with Crippen LogP contribution in [0.25, 0.3) is 0 Å². The Balaban J connectivity index is 0.00000280. The van der Waals surface area contributed by atoms with Crippen molar-refractivity contribution in [2.45, 2.75) is 25.8 Å². The second-order valence-corrected chi connectivity index (χ2v) is 9.72. The highest BCUT2D eigenvalue weighted by Gasteiger charge is 2.28. The summed E-state index contributed by atoms with van der Waals surface area (Å²) in [7, 11) is -3.32. The number of halogens is 1. The smallest absolute Gasteiger partial charge is 0.251 e. The zero-order valence-corrected chi connectivity index (χ0v) is 18.6. The first-order chi connectivity index (χ1) is 12.7. The van der Waals surface area contributed by atoms with Gasteiger partial charge in [-0.2, -0.15) is 0 Å². The van der Waals surface area contributed by atoms with Crippen molar-refractivity contribution >= 4 is 45.4 Å². The van der Waals surface area contributed by atoms with Gasteiger partial charge >= 0.3 is 0 Å². The molecule has 2 atom stereocenters. The number of carbonyl (C=O) groups is 1. The third kappa shape index (κ3) is 5.47. The molecular formula is C19H26ClN3O3S2. The Morgan fingerprint density at radius 3 is 2.54 bits per heavy atom. The van der Waals surface area contributed by atoms with Gasteiger partial charge < -0.3 is 5.32 Å². The van der Waals surface area contributed by atoms with Crippen molar-refractivity contribution in [3.05, 3.63) is 51.7 Å². The van der Waals surface area contributed by atoms with E-state index >= 15 is 0 Å². The van der Waals surface area contributed by atoms with Crippen LogP contribution in [0.15, 0.2) is 35.7 Å². The number of sulfonamides is 1. The number of amides is 1. The number of anilines is 1. The molecule has 0 spiro atoms. The Hall–Kier alpha value is -1.61. The van der Waals surface area contributed by atoms with Crippen LogP contribution in [0.4, 0.5) is 5.69 Å². The zero-order valence-electron chi connectivity index (χ0n) is 16.1. The summed E-state index contributed by atoms with van der Waals surface area (Å²) in [4.78, 5) is 16.2. The second kappa shape index (κ2) is 9.26. The molecule has 1 aromatic carbocycles. The van der Waals surface area contributed by atoms with Crippen LogP contribution in [0, 0.1) is 0 Å². The maximum Gasteiger partial charge on any atom is 0.251 e. The lowest BCUT2D eigenvalue weighted by Crippen LogP contribution is -2.40. The zero-order chi connectivity index (χ0) is 19.6. The van der Waals surface area contributed by atoms with E-state index in [1.807, 2.05) is 0 Å². The molecule has 6 nitrogen and oxygen atoms in total. The highest BCUT2D eigenvalue weighted by molar-refractivity contribution is 7.92. The fraction of sp³-hybridized carbons (Fsp3) is 0.421. The van der Waals surface area contributed by atoms with E-state index in [0.717, 1.165) is 19.3 Å².